The quantitative estimate of drug-likeness (QED) is 0.933. The molecule has 2 rings (SSSR count). The molecule has 1 aromatic heterocycles. The van der Waals surface area contributed by atoms with E-state index in [0.717, 1.165) is 10.4 Å². The molecule has 1 N–H and O–H groups in total. The third kappa shape index (κ3) is 2.86. The van der Waals surface area contributed by atoms with E-state index in [1.54, 1.807) is 32.4 Å². The smallest absolute Gasteiger partial charge is 0.125 e. The summed E-state index contributed by atoms with van der Waals surface area (Å²) in [6.07, 6.45) is -0.777. The molecule has 0 radical (unpaired) electrons. The summed E-state index contributed by atoms with van der Waals surface area (Å²) in [5.41, 5.74) is 1.63. The van der Waals surface area contributed by atoms with Crippen molar-refractivity contribution in [1.29, 1.82) is 0 Å². The number of benzene rings is 1. The van der Waals surface area contributed by atoms with E-state index in [0.29, 0.717) is 21.4 Å². The minimum atomic E-state index is -0.777. The molecule has 0 spiro atoms. The van der Waals surface area contributed by atoms with Gasteiger partial charge in [0.25, 0.3) is 0 Å². The third-order valence-corrected chi connectivity index (χ3v) is 4.48. The van der Waals surface area contributed by atoms with E-state index < -0.39 is 6.10 Å². The van der Waals surface area contributed by atoms with Gasteiger partial charge in [-0.1, -0.05) is 11.6 Å². The standard InChI is InChI=1S/C14H15ClO3S/c1-8-6-12(19-14(8)15)13(16)10-7-9(17-2)4-5-11(10)18-3/h4-7,13,16H,1-3H3. The molecule has 0 aliphatic rings. The lowest BCUT2D eigenvalue weighted by atomic mass is 10.1. The van der Waals surface area contributed by atoms with Crippen LogP contribution >= 0.6 is 22.9 Å². The fourth-order valence-electron chi connectivity index (χ4n) is 1.82. The molecule has 0 saturated carbocycles. The maximum Gasteiger partial charge on any atom is 0.125 e. The summed E-state index contributed by atoms with van der Waals surface area (Å²) in [6, 6.07) is 7.23. The van der Waals surface area contributed by atoms with Gasteiger partial charge in [-0.15, -0.1) is 11.3 Å². The molecule has 1 atom stereocenters. The Labute approximate surface area is 121 Å². The van der Waals surface area contributed by atoms with E-state index in [9.17, 15) is 5.11 Å². The highest BCUT2D eigenvalue weighted by Crippen LogP contribution is 2.38. The third-order valence-electron chi connectivity index (χ3n) is 2.88. The Kier molecular flexibility index (Phi) is 4.34. The Morgan fingerprint density at radius 3 is 2.47 bits per heavy atom. The van der Waals surface area contributed by atoms with Gasteiger partial charge in [0.15, 0.2) is 0 Å². The minimum absolute atomic E-state index is 0.621. The fourth-order valence-corrected chi connectivity index (χ4v) is 3.05. The topological polar surface area (TPSA) is 38.7 Å². The van der Waals surface area contributed by atoms with Gasteiger partial charge in [-0.3, -0.25) is 0 Å². The van der Waals surface area contributed by atoms with Gasteiger partial charge in [-0.25, -0.2) is 0 Å². The summed E-state index contributed by atoms with van der Waals surface area (Å²) in [6.45, 7) is 1.91. The van der Waals surface area contributed by atoms with Gasteiger partial charge in [0.1, 0.15) is 17.6 Å². The van der Waals surface area contributed by atoms with Crippen LogP contribution in [0.3, 0.4) is 0 Å². The molecule has 1 aromatic carbocycles. The summed E-state index contributed by atoms with van der Waals surface area (Å²) in [5, 5.41) is 10.5. The number of halogens is 1. The largest absolute Gasteiger partial charge is 0.497 e. The van der Waals surface area contributed by atoms with Gasteiger partial charge < -0.3 is 14.6 Å². The van der Waals surface area contributed by atoms with Crippen LogP contribution in [0.15, 0.2) is 24.3 Å². The SMILES string of the molecule is COc1ccc(OC)c(C(O)c2cc(C)c(Cl)s2)c1. The lowest BCUT2D eigenvalue weighted by Crippen LogP contribution is -2.01. The van der Waals surface area contributed by atoms with Crippen molar-refractivity contribution in [3.63, 3.8) is 0 Å². The van der Waals surface area contributed by atoms with Crippen molar-refractivity contribution in [3.05, 3.63) is 44.6 Å². The first-order valence-electron chi connectivity index (χ1n) is 5.72. The van der Waals surface area contributed by atoms with Crippen LogP contribution < -0.4 is 9.47 Å². The Morgan fingerprint density at radius 1 is 1.21 bits per heavy atom. The number of aliphatic hydroxyl groups is 1. The second-order valence-corrected chi connectivity index (χ2v) is 5.80. The summed E-state index contributed by atoms with van der Waals surface area (Å²) in [5.74, 6) is 1.30. The van der Waals surface area contributed by atoms with Gasteiger partial charge in [-0.2, -0.15) is 0 Å². The van der Waals surface area contributed by atoms with E-state index >= 15 is 0 Å². The summed E-state index contributed by atoms with van der Waals surface area (Å²) in [4.78, 5) is 0.786. The summed E-state index contributed by atoms with van der Waals surface area (Å²) >= 11 is 7.41. The predicted molar refractivity (Wildman–Crippen MR) is 77.7 cm³/mol. The van der Waals surface area contributed by atoms with E-state index in [2.05, 4.69) is 0 Å². The highest BCUT2D eigenvalue weighted by Gasteiger charge is 2.19. The molecule has 102 valence electrons. The van der Waals surface area contributed by atoms with Crippen molar-refractivity contribution in [2.45, 2.75) is 13.0 Å². The second-order valence-electron chi connectivity index (χ2n) is 4.12. The number of methoxy groups -OCH3 is 2. The van der Waals surface area contributed by atoms with Crippen molar-refractivity contribution >= 4 is 22.9 Å². The van der Waals surface area contributed by atoms with Crippen LogP contribution in [-0.2, 0) is 0 Å². The molecule has 0 amide bonds. The maximum absolute atomic E-state index is 10.5. The van der Waals surface area contributed by atoms with E-state index in [4.69, 9.17) is 21.1 Å². The molecule has 2 aromatic rings. The van der Waals surface area contributed by atoms with Crippen LogP contribution in [0.5, 0.6) is 11.5 Å². The van der Waals surface area contributed by atoms with E-state index in [1.165, 1.54) is 11.3 Å². The van der Waals surface area contributed by atoms with Crippen LogP contribution in [-0.4, -0.2) is 19.3 Å². The Morgan fingerprint density at radius 2 is 1.95 bits per heavy atom. The van der Waals surface area contributed by atoms with Crippen molar-refractivity contribution in [1.82, 2.24) is 0 Å². The highest BCUT2D eigenvalue weighted by molar-refractivity contribution is 7.16. The number of hydrogen-bond acceptors (Lipinski definition) is 4. The first kappa shape index (κ1) is 14.2. The number of ether oxygens (including phenoxy) is 2. The lowest BCUT2D eigenvalue weighted by Gasteiger charge is -2.14. The molecule has 1 heterocycles. The van der Waals surface area contributed by atoms with Gasteiger partial charge in [0.2, 0.25) is 0 Å². The molecule has 0 saturated heterocycles. The molecule has 0 aliphatic carbocycles. The van der Waals surface area contributed by atoms with Crippen LogP contribution in [0.1, 0.15) is 22.1 Å². The molecule has 1 unspecified atom stereocenters. The maximum atomic E-state index is 10.5. The van der Waals surface area contributed by atoms with Crippen molar-refractivity contribution < 1.29 is 14.6 Å². The van der Waals surface area contributed by atoms with Crippen LogP contribution in [0.25, 0.3) is 0 Å². The van der Waals surface area contributed by atoms with Crippen molar-refractivity contribution in [2.24, 2.45) is 0 Å². The highest BCUT2D eigenvalue weighted by atomic mass is 35.5. The first-order valence-corrected chi connectivity index (χ1v) is 6.92. The lowest BCUT2D eigenvalue weighted by molar-refractivity contribution is 0.218. The van der Waals surface area contributed by atoms with Gasteiger partial charge in [-0.05, 0) is 36.8 Å². The average Bonchev–Trinajstić information content (AvgIpc) is 2.77. The van der Waals surface area contributed by atoms with Crippen LogP contribution in [0.4, 0.5) is 0 Å². The summed E-state index contributed by atoms with van der Waals surface area (Å²) in [7, 11) is 3.16. The zero-order valence-electron chi connectivity index (χ0n) is 10.9. The molecule has 3 nitrogen and oxygen atoms in total. The molecular weight excluding hydrogens is 284 g/mol. The second kappa shape index (κ2) is 5.82. The number of hydrogen-bond donors (Lipinski definition) is 1. The Balaban J connectivity index is 2.44. The van der Waals surface area contributed by atoms with Gasteiger partial charge in [0.05, 0.1) is 18.6 Å². The van der Waals surface area contributed by atoms with Crippen molar-refractivity contribution in [3.8, 4) is 11.5 Å². The van der Waals surface area contributed by atoms with Crippen molar-refractivity contribution in [2.75, 3.05) is 14.2 Å². The summed E-state index contributed by atoms with van der Waals surface area (Å²) < 4.78 is 11.2. The number of thiophene rings is 1. The Bertz CT molecular complexity index is 561. The number of aryl methyl sites for hydroxylation is 1. The molecule has 0 bridgehead atoms. The molecule has 0 aliphatic heterocycles. The van der Waals surface area contributed by atoms with Gasteiger partial charge in [0, 0.05) is 10.4 Å². The van der Waals surface area contributed by atoms with Crippen LogP contribution in [0.2, 0.25) is 4.34 Å². The van der Waals surface area contributed by atoms with E-state index in [-0.39, 0.29) is 0 Å². The predicted octanol–water partition coefficient (Wildman–Crippen LogP) is 3.81. The zero-order chi connectivity index (χ0) is 14.0. The number of aliphatic hydroxyl groups excluding tert-OH is 1. The molecule has 5 heteroatoms. The fraction of sp³-hybridized carbons (Fsp3) is 0.286. The molecule has 0 fully saturated rings. The number of rotatable bonds is 4. The molecule has 19 heavy (non-hydrogen) atoms. The first-order chi connectivity index (χ1) is 9.06. The Hall–Kier alpha value is -1.23. The monoisotopic (exact) mass is 298 g/mol. The average molecular weight is 299 g/mol. The minimum Gasteiger partial charge on any atom is -0.497 e. The normalized spacial score (nSPS) is 12.3. The molecular formula is C14H15ClO3S. The van der Waals surface area contributed by atoms with Gasteiger partial charge >= 0.3 is 0 Å². The zero-order valence-corrected chi connectivity index (χ0v) is 12.5. The van der Waals surface area contributed by atoms with E-state index in [1.807, 2.05) is 13.0 Å². The van der Waals surface area contributed by atoms with Crippen LogP contribution in [0, 0.1) is 6.92 Å².